The summed E-state index contributed by atoms with van der Waals surface area (Å²) in [6.07, 6.45) is 6.31. The van der Waals surface area contributed by atoms with Gasteiger partial charge in [-0.1, -0.05) is 24.6 Å². The number of thiophene rings is 1. The number of fused-ring (bicyclic) bond motifs is 1. The van der Waals surface area contributed by atoms with Crippen molar-refractivity contribution in [2.24, 2.45) is 0 Å². The first kappa shape index (κ1) is 21.2. The first-order chi connectivity index (χ1) is 15.0. The van der Waals surface area contributed by atoms with Crippen LogP contribution in [0.15, 0.2) is 41.5 Å². The van der Waals surface area contributed by atoms with Crippen LogP contribution in [0.1, 0.15) is 60.3 Å². The van der Waals surface area contributed by atoms with Gasteiger partial charge in [0.25, 0.3) is 11.5 Å². The molecule has 1 amide bonds. The van der Waals surface area contributed by atoms with E-state index < -0.39 is 12.0 Å². The minimum Gasteiger partial charge on any atom is -0.461 e. The molecule has 8 heteroatoms. The maximum Gasteiger partial charge on any atom is 0.329 e. The van der Waals surface area contributed by atoms with Crippen LogP contribution >= 0.6 is 11.3 Å². The van der Waals surface area contributed by atoms with Crippen LogP contribution in [0.25, 0.3) is 10.2 Å². The zero-order valence-electron chi connectivity index (χ0n) is 17.6. The highest BCUT2D eigenvalue weighted by molar-refractivity contribution is 7.20. The van der Waals surface area contributed by atoms with Gasteiger partial charge in [0, 0.05) is 5.69 Å². The molecule has 0 spiro atoms. The Morgan fingerprint density at radius 1 is 1.19 bits per heavy atom. The zero-order valence-corrected chi connectivity index (χ0v) is 18.4. The van der Waals surface area contributed by atoms with E-state index in [0.29, 0.717) is 26.3 Å². The Bertz CT molecular complexity index is 1160. The lowest BCUT2D eigenvalue weighted by molar-refractivity contribution is -0.154. The number of anilines is 1. The number of carbonyl (C=O) groups is 2. The summed E-state index contributed by atoms with van der Waals surface area (Å²) in [4.78, 5) is 43.8. The molecule has 1 fully saturated rings. The van der Waals surface area contributed by atoms with Crippen molar-refractivity contribution in [3.05, 3.63) is 57.5 Å². The number of ether oxygens (including phenoxy) is 1. The molecule has 0 unspecified atom stereocenters. The van der Waals surface area contributed by atoms with E-state index in [2.05, 4.69) is 10.3 Å². The van der Waals surface area contributed by atoms with Crippen molar-refractivity contribution in [2.75, 3.05) is 5.32 Å². The second kappa shape index (κ2) is 9.01. The summed E-state index contributed by atoms with van der Waals surface area (Å²) < 4.78 is 6.92. The second-order valence-electron chi connectivity index (χ2n) is 7.89. The Morgan fingerprint density at radius 3 is 2.61 bits per heavy atom. The molecule has 2 heterocycles. The summed E-state index contributed by atoms with van der Waals surface area (Å²) in [5.41, 5.74) is 0.896. The molecule has 0 bridgehead atoms. The molecule has 1 atom stereocenters. The number of rotatable bonds is 5. The quantitative estimate of drug-likeness (QED) is 0.593. The minimum absolute atomic E-state index is 0.0766. The van der Waals surface area contributed by atoms with Crippen LogP contribution in [0, 0.1) is 6.92 Å². The highest BCUT2D eigenvalue weighted by Crippen LogP contribution is 2.28. The van der Waals surface area contributed by atoms with Crippen molar-refractivity contribution >= 4 is 39.1 Å². The van der Waals surface area contributed by atoms with Crippen molar-refractivity contribution in [2.45, 2.75) is 58.1 Å². The van der Waals surface area contributed by atoms with Crippen LogP contribution in [0.4, 0.5) is 5.69 Å². The number of aromatic nitrogens is 2. The fourth-order valence-corrected chi connectivity index (χ4v) is 4.93. The van der Waals surface area contributed by atoms with E-state index in [1.165, 1.54) is 28.7 Å². The molecule has 7 nitrogen and oxygen atoms in total. The predicted octanol–water partition coefficient (Wildman–Crippen LogP) is 4.46. The van der Waals surface area contributed by atoms with E-state index in [-0.39, 0.29) is 17.6 Å². The van der Waals surface area contributed by atoms with E-state index >= 15 is 0 Å². The molecule has 3 aromatic rings. The molecule has 0 aliphatic heterocycles. The van der Waals surface area contributed by atoms with Gasteiger partial charge in [-0.15, -0.1) is 11.3 Å². The van der Waals surface area contributed by atoms with Gasteiger partial charge in [0.1, 0.15) is 17.0 Å². The zero-order chi connectivity index (χ0) is 22.0. The number of para-hydroxylation sites is 1. The lowest BCUT2D eigenvalue weighted by Gasteiger charge is -2.24. The number of nitrogens with one attached hydrogen (secondary N) is 1. The standard InChI is InChI=1S/C23H25N3O4S/c1-14-18-21(31-19(14)20(27)25-16-9-5-3-6-10-16)24-13-26(22(18)28)15(2)23(29)30-17-11-7-4-8-12-17/h3,5-6,9-10,13,15,17H,4,7-8,11-12H2,1-2H3,(H,25,27)/t15-/m0/s1. The van der Waals surface area contributed by atoms with Crippen LogP contribution in [0.5, 0.6) is 0 Å². The molecule has 1 aliphatic rings. The largest absolute Gasteiger partial charge is 0.461 e. The molecule has 31 heavy (non-hydrogen) atoms. The molecule has 1 N–H and O–H groups in total. The summed E-state index contributed by atoms with van der Waals surface area (Å²) in [6.45, 7) is 3.38. The van der Waals surface area contributed by atoms with Gasteiger partial charge in [-0.25, -0.2) is 9.78 Å². The Balaban J connectivity index is 1.59. The van der Waals surface area contributed by atoms with E-state index in [4.69, 9.17) is 4.74 Å². The van der Waals surface area contributed by atoms with Gasteiger partial charge in [0.15, 0.2) is 0 Å². The fourth-order valence-electron chi connectivity index (χ4n) is 3.90. The molecule has 0 saturated heterocycles. The molecule has 2 aromatic heterocycles. The second-order valence-corrected chi connectivity index (χ2v) is 8.89. The molecule has 1 saturated carbocycles. The number of amides is 1. The van der Waals surface area contributed by atoms with Gasteiger partial charge in [0.2, 0.25) is 0 Å². The highest BCUT2D eigenvalue weighted by Gasteiger charge is 2.26. The number of carbonyl (C=O) groups excluding carboxylic acids is 2. The normalized spacial score (nSPS) is 15.5. The maximum absolute atomic E-state index is 13.2. The summed E-state index contributed by atoms with van der Waals surface area (Å²) in [6, 6.07) is 8.35. The van der Waals surface area contributed by atoms with Gasteiger partial charge >= 0.3 is 5.97 Å². The Hall–Kier alpha value is -3.00. The van der Waals surface area contributed by atoms with Crippen molar-refractivity contribution in [1.82, 2.24) is 9.55 Å². The molecule has 4 rings (SSSR count). The summed E-state index contributed by atoms with van der Waals surface area (Å²) in [5.74, 6) is -0.715. The molecular formula is C23H25N3O4S. The Kier molecular flexibility index (Phi) is 6.18. The fraction of sp³-hybridized carbons (Fsp3) is 0.391. The molecule has 1 aromatic carbocycles. The monoisotopic (exact) mass is 439 g/mol. The van der Waals surface area contributed by atoms with Crippen molar-refractivity contribution < 1.29 is 14.3 Å². The van der Waals surface area contributed by atoms with Crippen LogP contribution in [0.3, 0.4) is 0 Å². The lowest BCUT2D eigenvalue weighted by atomic mass is 9.98. The number of aryl methyl sites for hydroxylation is 1. The van der Waals surface area contributed by atoms with Crippen molar-refractivity contribution in [1.29, 1.82) is 0 Å². The van der Waals surface area contributed by atoms with Crippen LogP contribution in [-0.4, -0.2) is 27.5 Å². The number of esters is 1. The number of benzene rings is 1. The van der Waals surface area contributed by atoms with Crippen molar-refractivity contribution in [3.8, 4) is 0 Å². The van der Waals surface area contributed by atoms with E-state index in [1.807, 2.05) is 18.2 Å². The van der Waals surface area contributed by atoms with E-state index in [0.717, 1.165) is 25.7 Å². The third-order valence-electron chi connectivity index (χ3n) is 5.71. The van der Waals surface area contributed by atoms with Crippen LogP contribution in [0.2, 0.25) is 0 Å². The first-order valence-corrected chi connectivity index (χ1v) is 11.3. The minimum atomic E-state index is -0.785. The lowest BCUT2D eigenvalue weighted by Crippen LogP contribution is -2.32. The van der Waals surface area contributed by atoms with E-state index in [9.17, 15) is 14.4 Å². The molecule has 162 valence electrons. The highest BCUT2D eigenvalue weighted by atomic mass is 32.1. The van der Waals surface area contributed by atoms with Crippen LogP contribution < -0.4 is 10.9 Å². The molecular weight excluding hydrogens is 414 g/mol. The smallest absolute Gasteiger partial charge is 0.329 e. The first-order valence-electron chi connectivity index (χ1n) is 10.5. The maximum atomic E-state index is 13.2. The summed E-state index contributed by atoms with van der Waals surface area (Å²) >= 11 is 1.17. The Labute approximate surface area is 184 Å². The Morgan fingerprint density at radius 2 is 1.90 bits per heavy atom. The average molecular weight is 440 g/mol. The topological polar surface area (TPSA) is 90.3 Å². The van der Waals surface area contributed by atoms with Gasteiger partial charge in [0.05, 0.1) is 16.6 Å². The van der Waals surface area contributed by atoms with Gasteiger partial charge < -0.3 is 10.1 Å². The predicted molar refractivity (Wildman–Crippen MR) is 121 cm³/mol. The number of hydrogen-bond acceptors (Lipinski definition) is 6. The van der Waals surface area contributed by atoms with Crippen LogP contribution in [-0.2, 0) is 9.53 Å². The molecule has 0 radical (unpaired) electrons. The van der Waals surface area contributed by atoms with E-state index in [1.54, 1.807) is 26.0 Å². The average Bonchev–Trinajstić information content (AvgIpc) is 3.12. The third kappa shape index (κ3) is 4.39. The van der Waals surface area contributed by atoms with Gasteiger partial charge in [-0.3, -0.25) is 14.2 Å². The number of hydrogen-bond donors (Lipinski definition) is 1. The number of nitrogens with zero attached hydrogens (tertiary/aromatic N) is 2. The van der Waals surface area contributed by atoms with Crippen molar-refractivity contribution in [3.63, 3.8) is 0 Å². The van der Waals surface area contributed by atoms with Gasteiger partial charge in [-0.05, 0) is 57.2 Å². The summed E-state index contributed by atoms with van der Waals surface area (Å²) in [5, 5.41) is 3.21. The molecule has 1 aliphatic carbocycles. The summed E-state index contributed by atoms with van der Waals surface area (Å²) in [7, 11) is 0. The van der Waals surface area contributed by atoms with Gasteiger partial charge in [-0.2, -0.15) is 0 Å². The SMILES string of the molecule is Cc1c(C(=O)Nc2ccccc2)sc2ncn([C@@H](C)C(=O)OC3CCCCC3)c(=O)c12. The third-order valence-corrected chi connectivity index (χ3v) is 6.91.